The van der Waals surface area contributed by atoms with Crippen molar-refractivity contribution in [3.63, 3.8) is 0 Å². The average Bonchev–Trinajstić information content (AvgIpc) is 2.67. The molecule has 18 heavy (non-hydrogen) atoms. The smallest absolute Gasteiger partial charge is 0.122 e. The Morgan fingerprint density at radius 1 is 1.22 bits per heavy atom. The molecule has 0 aliphatic rings. The number of ether oxygens (including phenoxy) is 1. The molecule has 0 radical (unpaired) electrons. The van der Waals surface area contributed by atoms with Crippen molar-refractivity contribution >= 4 is 11.3 Å². The molecule has 4 heteroatoms. The molecule has 1 aromatic rings. The minimum absolute atomic E-state index is 0.0914. The van der Waals surface area contributed by atoms with Gasteiger partial charge >= 0.3 is 0 Å². The predicted octanol–water partition coefficient (Wildman–Crippen LogP) is 3.55. The monoisotopic (exact) mass is 270 g/mol. The number of nitrogens with one attached hydrogen (secondary N) is 1. The SMILES string of the molecule is COC(C)c1nc(CC(C)C)c(CNC(C)C)s1. The summed E-state index contributed by atoms with van der Waals surface area (Å²) < 4.78 is 5.36. The summed E-state index contributed by atoms with van der Waals surface area (Å²) in [7, 11) is 1.74. The van der Waals surface area contributed by atoms with E-state index in [0.717, 1.165) is 18.0 Å². The van der Waals surface area contributed by atoms with Crippen molar-refractivity contribution < 1.29 is 4.74 Å². The van der Waals surface area contributed by atoms with Crippen molar-refractivity contribution in [2.45, 2.75) is 59.7 Å². The topological polar surface area (TPSA) is 34.1 Å². The van der Waals surface area contributed by atoms with Crippen LogP contribution < -0.4 is 5.32 Å². The van der Waals surface area contributed by atoms with Gasteiger partial charge in [-0.05, 0) is 19.3 Å². The summed E-state index contributed by atoms with van der Waals surface area (Å²) in [5.74, 6) is 0.635. The third-order valence-corrected chi connectivity index (χ3v) is 4.03. The number of hydrogen-bond donors (Lipinski definition) is 1. The quantitative estimate of drug-likeness (QED) is 0.823. The van der Waals surface area contributed by atoms with Crippen molar-refractivity contribution in [1.82, 2.24) is 10.3 Å². The van der Waals surface area contributed by atoms with E-state index in [1.807, 2.05) is 0 Å². The van der Waals surface area contributed by atoms with Crippen LogP contribution in [0.3, 0.4) is 0 Å². The molecule has 0 saturated carbocycles. The van der Waals surface area contributed by atoms with Crippen molar-refractivity contribution in [2.75, 3.05) is 7.11 Å². The Kier molecular flexibility index (Phi) is 6.26. The number of hydrogen-bond acceptors (Lipinski definition) is 4. The Hall–Kier alpha value is -0.450. The Bertz CT molecular complexity index is 361. The highest BCUT2D eigenvalue weighted by atomic mass is 32.1. The van der Waals surface area contributed by atoms with Gasteiger partial charge in [0.15, 0.2) is 0 Å². The number of nitrogens with zero attached hydrogens (tertiary/aromatic N) is 1. The molecule has 0 aliphatic carbocycles. The van der Waals surface area contributed by atoms with Gasteiger partial charge in [0.25, 0.3) is 0 Å². The summed E-state index contributed by atoms with van der Waals surface area (Å²) in [6.45, 7) is 11.8. The minimum atomic E-state index is 0.0914. The van der Waals surface area contributed by atoms with E-state index in [1.54, 1.807) is 18.4 Å². The van der Waals surface area contributed by atoms with Crippen molar-refractivity contribution in [1.29, 1.82) is 0 Å². The summed E-state index contributed by atoms with van der Waals surface area (Å²) in [4.78, 5) is 6.11. The highest BCUT2D eigenvalue weighted by Crippen LogP contribution is 2.27. The first-order chi connectivity index (χ1) is 8.43. The van der Waals surface area contributed by atoms with Gasteiger partial charge in [0.2, 0.25) is 0 Å². The fraction of sp³-hybridized carbons (Fsp3) is 0.786. The molecule has 0 saturated heterocycles. The number of aromatic nitrogens is 1. The average molecular weight is 270 g/mol. The lowest BCUT2D eigenvalue weighted by molar-refractivity contribution is 0.119. The highest BCUT2D eigenvalue weighted by Gasteiger charge is 2.16. The molecule has 1 rings (SSSR count). The molecule has 0 amide bonds. The Morgan fingerprint density at radius 3 is 2.39 bits per heavy atom. The van der Waals surface area contributed by atoms with Crippen molar-refractivity contribution in [3.05, 3.63) is 15.6 Å². The van der Waals surface area contributed by atoms with Gasteiger partial charge in [-0.25, -0.2) is 4.98 Å². The molecule has 0 bridgehead atoms. The van der Waals surface area contributed by atoms with Crippen LogP contribution in [0.25, 0.3) is 0 Å². The van der Waals surface area contributed by atoms with E-state index in [1.165, 1.54) is 10.6 Å². The maximum absolute atomic E-state index is 5.36. The van der Waals surface area contributed by atoms with E-state index in [-0.39, 0.29) is 6.10 Å². The molecule has 1 atom stereocenters. The number of thiazole rings is 1. The van der Waals surface area contributed by atoms with Gasteiger partial charge in [-0.15, -0.1) is 11.3 Å². The number of rotatable bonds is 7. The lowest BCUT2D eigenvalue weighted by Crippen LogP contribution is -2.22. The lowest BCUT2D eigenvalue weighted by atomic mass is 10.1. The van der Waals surface area contributed by atoms with E-state index < -0.39 is 0 Å². The molecule has 104 valence electrons. The van der Waals surface area contributed by atoms with Crippen LogP contribution in [0, 0.1) is 5.92 Å². The van der Waals surface area contributed by atoms with E-state index in [0.29, 0.717) is 12.0 Å². The molecule has 0 spiro atoms. The zero-order valence-electron chi connectivity index (χ0n) is 12.4. The standard InChI is InChI=1S/C14H26N2OS/c1-9(2)7-12-13(8-15-10(3)4)18-14(16-12)11(5)17-6/h9-11,15H,7-8H2,1-6H3. The molecule has 0 aliphatic heterocycles. The zero-order chi connectivity index (χ0) is 13.7. The fourth-order valence-electron chi connectivity index (χ4n) is 1.66. The van der Waals surface area contributed by atoms with E-state index in [2.05, 4.69) is 39.9 Å². The molecule has 1 heterocycles. The van der Waals surface area contributed by atoms with Crippen LogP contribution in [0.4, 0.5) is 0 Å². The Morgan fingerprint density at radius 2 is 1.89 bits per heavy atom. The van der Waals surface area contributed by atoms with Gasteiger partial charge in [-0.1, -0.05) is 27.7 Å². The number of methoxy groups -OCH3 is 1. The van der Waals surface area contributed by atoms with Crippen LogP contribution in [0.2, 0.25) is 0 Å². The molecular formula is C14H26N2OS. The molecule has 3 nitrogen and oxygen atoms in total. The van der Waals surface area contributed by atoms with Gasteiger partial charge in [0.1, 0.15) is 11.1 Å². The first-order valence-corrected chi connectivity index (χ1v) is 7.50. The van der Waals surface area contributed by atoms with Crippen molar-refractivity contribution in [3.8, 4) is 0 Å². The van der Waals surface area contributed by atoms with Crippen LogP contribution in [0.5, 0.6) is 0 Å². The summed E-state index contributed by atoms with van der Waals surface area (Å²) in [6.07, 6.45) is 1.14. The molecule has 1 unspecified atom stereocenters. The lowest BCUT2D eigenvalue weighted by Gasteiger charge is -2.08. The second-order valence-electron chi connectivity index (χ2n) is 5.43. The minimum Gasteiger partial charge on any atom is -0.375 e. The van der Waals surface area contributed by atoms with Gasteiger partial charge in [0, 0.05) is 24.6 Å². The van der Waals surface area contributed by atoms with E-state index >= 15 is 0 Å². The van der Waals surface area contributed by atoms with Crippen LogP contribution in [0.15, 0.2) is 0 Å². The highest BCUT2D eigenvalue weighted by molar-refractivity contribution is 7.11. The fourth-order valence-corrected chi connectivity index (χ4v) is 2.73. The van der Waals surface area contributed by atoms with Crippen molar-refractivity contribution in [2.24, 2.45) is 5.92 Å². The summed E-state index contributed by atoms with van der Waals surface area (Å²) in [5, 5.41) is 4.57. The normalized spacial score (nSPS) is 13.6. The second-order valence-corrected chi connectivity index (χ2v) is 6.55. The third-order valence-electron chi connectivity index (χ3n) is 2.77. The predicted molar refractivity (Wildman–Crippen MR) is 78.1 cm³/mol. The van der Waals surface area contributed by atoms with Crippen LogP contribution in [-0.4, -0.2) is 18.1 Å². The maximum Gasteiger partial charge on any atom is 0.122 e. The summed E-state index contributed by atoms with van der Waals surface area (Å²) in [6, 6.07) is 0.502. The van der Waals surface area contributed by atoms with Gasteiger partial charge in [-0.2, -0.15) is 0 Å². The van der Waals surface area contributed by atoms with E-state index in [4.69, 9.17) is 9.72 Å². The summed E-state index contributed by atoms with van der Waals surface area (Å²) in [5.41, 5.74) is 1.24. The molecule has 1 N–H and O–H groups in total. The Labute approximate surface area is 115 Å². The molecular weight excluding hydrogens is 244 g/mol. The zero-order valence-corrected chi connectivity index (χ0v) is 13.2. The molecule has 0 fully saturated rings. The first-order valence-electron chi connectivity index (χ1n) is 6.68. The summed E-state index contributed by atoms with van der Waals surface area (Å²) >= 11 is 1.78. The Balaban J connectivity index is 2.86. The van der Waals surface area contributed by atoms with E-state index in [9.17, 15) is 0 Å². The molecule has 0 aromatic carbocycles. The van der Waals surface area contributed by atoms with Crippen LogP contribution >= 0.6 is 11.3 Å². The van der Waals surface area contributed by atoms with Crippen LogP contribution in [-0.2, 0) is 17.7 Å². The largest absolute Gasteiger partial charge is 0.375 e. The first kappa shape index (κ1) is 15.6. The van der Waals surface area contributed by atoms with Gasteiger partial charge in [0.05, 0.1) is 5.69 Å². The third kappa shape index (κ3) is 4.67. The second kappa shape index (κ2) is 7.22. The maximum atomic E-state index is 5.36. The van der Waals surface area contributed by atoms with Crippen LogP contribution in [0.1, 0.15) is 56.3 Å². The molecule has 1 aromatic heterocycles. The van der Waals surface area contributed by atoms with Gasteiger partial charge < -0.3 is 10.1 Å². The van der Waals surface area contributed by atoms with Gasteiger partial charge in [-0.3, -0.25) is 0 Å².